The molecule has 1 fully saturated rings. The highest BCUT2D eigenvalue weighted by Crippen LogP contribution is 2.16. The van der Waals surface area contributed by atoms with Crippen molar-refractivity contribution in [3.8, 4) is 0 Å². The molecule has 6 heteroatoms. The van der Waals surface area contributed by atoms with E-state index in [4.69, 9.17) is 4.74 Å². The average molecular weight is 346 g/mol. The van der Waals surface area contributed by atoms with Crippen molar-refractivity contribution in [2.75, 3.05) is 18.4 Å². The Kier molecular flexibility index (Phi) is 6.56. The van der Waals surface area contributed by atoms with Gasteiger partial charge in [0.15, 0.2) is 6.10 Å². The monoisotopic (exact) mass is 346 g/mol. The molecule has 1 aromatic rings. The molecule has 0 saturated carbocycles. The highest BCUT2D eigenvalue weighted by Gasteiger charge is 2.23. The number of aryl methyl sites for hydroxylation is 2. The van der Waals surface area contributed by atoms with E-state index in [0.29, 0.717) is 18.7 Å². The van der Waals surface area contributed by atoms with E-state index in [0.717, 1.165) is 30.4 Å². The Labute approximate surface area is 148 Å². The Balaban J connectivity index is 1.87. The largest absolute Gasteiger partial charge is 0.451 e. The normalized spacial score (nSPS) is 16.1. The summed E-state index contributed by atoms with van der Waals surface area (Å²) in [6.45, 7) is 5.88. The molecule has 6 nitrogen and oxygen atoms in total. The molecule has 1 N–H and O–H groups in total. The zero-order valence-electron chi connectivity index (χ0n) is 15.1. The molecule has 1 saturated heterocycles. The summed E-state index contributed by atoms with van der Waals surface area (Å²) in [5.41, 5.74) is 2.75. The van der Waals surface area contributed by atoms with Crippen LogP contribution in [-0.4, -0.2) is 41.9 Å². The molecule has 0 aromatic heterocycles. The molecule has 0 aliphatic carbocycles. The van der Waals surface area contributed by atoms with Crippen LogP contribution < -0.4 is 5.32 Å². The third-order valence-corrected chi connectivity index (χ3v) is 4.31. The third kappa shape index (κ3) is 5.59. The number of carbonyl (C=O) groups excluding carboxylic acids is 3. The van der Waals surface area contributed by atoms with Crippen molar-refractivity contribution in [2.24, 2.45) is 0 Å². The summed E-state index contributed by atoms with van der Waals surface area (Å²) in [7, 11) is 0. The lowest BCUT2D eigenvalue weighted by Gasteiger charge is -2.21. The molecular formula is C19H26N2O4. The van der Waals surface area contributed by atoms with E-state index in [9.17, 15) is 14.4 Å². The van der Waals surface area contributed by atoms with Gasteiger partial charge in [0, 0.05) is 18.7 Å². The number of rotatable bonds is 5. The summed E-state index contributed by atoms with van der Waals surface area (Å²) < 4.78 is 5.19. The van der Waals surface area contributed by atoms with Crippen LogP contribution in [0.1, 0.15) is 43.7 Å². The second-order valence-electron chi connectivity index (χ2n) is 6.57. The first kappa shape index (κ1) is 19.0. The molecule has 25 heavy (non-hydrogen) atoms. The average Bonchev–Trinajstić information content (AvgIpc) is 2.74. The maximum absolute atomic E-state index is 12.2. The summed E-state index contributed by atoms with van der Waals surface area (Å²) in [6, 6.07) is 5.70. The van der Waals surface area contributed by atoms with Crippen LogP contribution in [0.15, 0.2) is 18.2 Å². The van der Waals surface area contributed by atoms with Crippen molar-refractivity contribution < 1.29 is 19.1 Å². The van der Waals surface area contributed by atoms with Gasteiger partial charge in [-0.05, 0) is 45.2 Å². The summed E-state index contributed by atoms with van der Waals surface area (Å²) >= 11 is 0. The standard InChI is InChI=1S/C19H26N2O4/c1-13-8-9-16(14(2)11-13)20-19(24)15(3)25-18(23)12-21-10-6-4-5-7-17(21)22/h8-9,11,15H,4-7,10,12H2,1-3H3,(H,20,24)/t15-/m0/s1. The lowest BCUT2D eigenvalue weighted by Crippen LogP contribution is -2.38. The van der Waals surface area contributed by atoms with Crippen molar-refractivity contribution >= 4 is 23.5 Å². The fraction of sp³-hybridized carbons (Fsp3) is 0.526. The summed E-state index contributed by atoms with van der Waals surface area (Å²) in [6.07, 6.45) is 2.29. The number of amides is 2. The van der Waals surface area contributed by atoms with Crippen LogP contribution in [0.3, 0.4) is 0 Å². The zero-order valence-corrected chi connectivity index (χ0v) is 15.1. The lowest BCUT2D eigenvalue weighted by atomic mass is 10.1. The SMILES string of the molecule is Cc1ccc(NC(=O)[C@H](C)OC(=O)CN2CCCCCC2=O)c(C)c1. The minimum Gasteiger partial charge on any atom is -0.451 e. The van der Waals surface area contributed by atoms with Crippen LogP contribution in [0.5, 0.6) is 0 Å². The van der Waals surface area contributed by atoms with Crippen molar-refractivity contribution in [1.82, 2.24) is 4.90 Å². The predicted molar refractivity (Wildman–Crippen MR) is 95.1 cm³/mol. The minimum absolute atomic E-state index is 0.0261. The Morgan fingerprint density at radius 1 is 1.24 bits per heavy atom. The van der Waals surface area contributed by atoms with Gasteiger partial charge in [0.25, 0.3) is 5.91 Å². The summed E-state index contributed by atoms with van der Waals surface area (Å²) in [5.74, 6) is -0.970. The first-order valence-corrected chi connectivity index (χ1v) is 8.72. The van der Waals surface area contributed by atoms with Gasteiger partial charge in [-0.1, -0.05) is 24.1 Å². The summed E-state index contributed by atoms with van der Waals surface area (Å²) in [5, 5.41) is 2.77. The first-order valence-electron chi connectivity index (χ1n) is 8.72. The van der Waals surface area contributed by atoms with Crippen LogP contribution in [0.25, 0.3) is 0 Å². The molecule has 1 heterocycles. The lowest BCUT2D eigenvalue weighted by molar-refractivity contribution is -0.156. The fourth-order valence-corrected chi connectivity index (χ4v) is 2.84. The van der Waals surface area contributed by atoms with Crippen molar-refractivity contribution in [3.63, 3.8) is 0 Å². The molecule has 1 aromatic carbocycles. The molecule has 136 valence electrons. The van der Waals surface area contributed by atoms with E-state index in [1.807, 2.05) is 32.0 Å². The highest BCUT2D eigenvalue weighted by atomic mass is 16.5. The van der Waals surface area contributed by atoms with Crippen LogP contribution in [0.2, 0.25) is 0 Å². The van der Waals surface area contributed by atoms with Gasteiger partial charge in [-0.2, -0.15) is 0 Å². The Morgan fingerprint density at radius 3 is 2.72 bits per heavy atom. The topological polar surface area (TPSA) is 75.7 Å². The number of anilines is 1. The van der Waals surface area contributed by atoms with Gasteiger partial charge in [-0.15, -0.1) is 0 Å². The van der Waals surface area contributed by atoms with Crippen molar-refractivity contribution in [1.29, 1.82) is 0 Å². The van der Waals surface area contributed by atoms with Crippen LogP contribution in [0.4, 0.5) is 5.69 Å². The zero-order chi connectivity index (χ0) is 18.4. The number of carbonyl (C=O) groups is 3. The second kappa shape index (κ2) is 8.65. The van der Waals surface area contributed by atoms with Crippen molar-refractivity contribution in [3.05, 3.63) is 29.3 Å². The quantitative estimate of drug-likeness (QED) is 0.832. The molecule has 1 aliphatic heterocycles. The smallest absolute Gasteiger partial charge is 0.326 e. The van der Waals surface area contributed by atoms with Gasteiger partial charge in [0.1, 0.15) is 6.54 Å². The predicted octanol–water partition coefficient (Wildman–Crippen LogP) is 2.58. The summed E-state index contributed by atoms with van der Waals surface area (Å²) in [4.78, 5) is 37.7. The molecule has 0 unspecified atom stereocenters. The molecule has 0 spiro atoms. The molecule has 0 radical (unpaired) electrons. The number of esters is 1. The maximum atomic E-state index is 12.2. The van der Waals surface area contributed by atoms with Gasteiger partial charge < -0.3 is 15.0 Å². The van der Waals surface area contributed by atoms with Gasteiger partial charge in [0.05, 0.1) is 0 Å². The van der Waals surface area contributed by atoms with E-state index in [2.05, 4.69) is 5.32 Å². The second-order valence-corrected chi connectivity index (χ2v) is 6.57. The molecule has 2 amide bonds. The number of likely N-dealkylation sites (tertiary alicyclic amines) is 1. The Hall–Kier alpha value is -2.37. The fourth-order valence-electron chi connectivity index (χ4n) is 2.84. The Morgan fingerprint density at radius 2 is 2.00 bits per heavy atom. The van der Waals surface area contributed by atoms with E-state index in [-0.39, 0.29) is 18.4 Å². The molecule has 0 bridgehead atoms. The molecular weight excluding hydrogens is 320 g/mol. The van der Waals surface area contributed by atoms with E-state index < -0.39 is 12.1 Å². The number of ether oxygens (including phenoxy) is 1. The third-order valence-electron chi connectivity index (χ3n) is 4.31. The van der Waals surface area contributed by atoms with E-state index >= 15 is 0 Å². The van der Waals surface area contributed by atoms with Crippen molar-refractivity contribution in [2.45, 2.75) is 52.6 Å². The Bertz CT molecular complexity index is 657. The number of nitrogens with zero attached hydrogens (tertiary/aromatic N) is 1. The number of nitrogens with one attached hydrogen (secondary N) is 1. The maximum Gasteiger partial charge on any atom is 0.326 e. The highest BCUT2D eigenvalue weighted by molar-refractivity contribution is 5.96. The van der Waals surface area contributed by atoms with Gasteiger partial charge in [0.2, 0.25) is 5.91 Å². The molecule has 1 atom stereocenters. The van der Waals surface area contributed by atoms with E-state index in [1.165, 1.54) is 11.8 Å². The number of hydrogen-bond acceptors (Lipinski definition) is 4. The minimum atomic E-state index is -0.921. The van der Waals surface area contributed by atoms with Gasteiger partial charge in [-0.3, -0.25) is 14.4 Å². The molecule has 1 aliphatic rings. The molecule has 2 rings (SSSR count). The first-order chi connectivity index (χ1) is 11.9. The van der Waals surface area contributed by atoms with E-state index in [1.54, 1.807) is 0 Å². The van der Waals surface area contributed by atoms with Crippen LogP contribution in [-0.2, 0) is 19.1 Å². The van der Waals surface area contributed by atoms with Crippen LogP contribution >= 0.6 is 0 Å². The van der Waals surface area contributed by atoms with Crippen LogP contribution in [0, 0.1) is 13.8 Å². The van der Waals surface area contributed by atoms with Gasteiger partial charge in [-0.25, -0.2) is 0 Å². The number of benzene rings is 1. The van der Waals surface area contributed by atoms with Gasteiger partial charge >= 0.3 is 5.97 Å². The number of hydrogen-bond donors (Lipinski definition) is 1.